The number of carbonyl (C=O) groups is 2. The van der Waals surface area contributed by atoms with E-state index in [0.717, 1.165) is 6.42 Å². The van der Waals surface area contributed by atoms with Crippen molar-refractivity contribution in [2.75, 3.05) is 6.54 Å². The summed E-state index contributed by atoms with van der Waals surface area (Å²) < 4.78 is 0. The van der Waals surface area contributed by atoms with E-state index in [2.05, 4.69) is 19.2 Å². The van der Waals surface area contributed by atoms with Crippen LogP contribution in [0.3, 0.4) is 0 Å². The zero-order valence-electron chi connectivity index (χ0n) is 11.8. The van der Waals surface area contributed by atoms with Crippen LogP contribution in [0.25, 0.3) is 0 Å². The van der Waals surface area contributed by atoms with Gasteiger partial charge in [0.15, 0.2) is 0 Å². The van der Waals surface area contributed by atoms with E-state index < -0.39 is 5.97 Å². The van der Waals surface area contributed by atoms with Crippen molar-refractivity contribution >= 4 is 11.9 Å². The summed E-state index contributed by atoms with van der Waals surface area (Å²) in [5, 5.41) is 13.0. The van der Waals surface area contributed by atoms with Crippen LogP contribution in [0.15, 0.2) is 0 Å². The zero-order valence-corrected chi connectivity index (χ0v) is 13.8. The molecule has 0 aliphatic heterocycles. The fourth-order valence-electron chi connectivity index (χ4n) is 2.62. The Morgan fingerprint density at radius 1 is 1.33 bits per heavy atom. The Labute approximate surface area is 131 Å². The fourth-order valence-corrected chi connectivity index (χ4v) is 2.62. The molecule has 1 rings (SSSR count). The Balaban J connectivity index is 0.00000289. The van der Waals surface area contributed by atoms with E-state index in [0.29, 0.717) is 17.9 Å². The van der Waals surface area contributed by atoms with Crippen molar-refractivity contribution in [3.63, 3.8) is 0 Å². The van der Waals surface area contributed by atoms with Gasteiger partial charge in [0.1, 0.15) is 0 Å². The molecule has 1 unspecified atom stereocenters. The first-order valence-corrected chi connectivity index (χ1v) is 6.38. The largest absolute Gasteiger partial charge is 1.00 e. The number of aliphatic carboxylic acids is 1. The Morgan fingerprint density at radius 3 is 2.50 bits per heavy atom. The van der Waals surface area contributed by atoms with Crippen molar-refractivity contribution < 1.29 is 44.3 Å². The molecule has 0 heterocycles. The van der Waals surface area contributed by atoms with Crippen LogP contribution in [0, 0.1) is 11.3 Å². The summed E-state index contributed by atoms with van der Waals surface area (Å²) in [6.45, 7) is 5.21. The van der Waals surface area contributed by atoms with Crippen molar-refractivity contribution in [1.29, 1.82) is 0 Å². The summed E-state index contributed by atoms with van der Waals surface area (Å²) in [7, 11) is 0. The molecule has 0 spiro atoms. The topological polar surface area (TPSA) is 69.2 Å². The van der Waals surface area contributed by atoms with Gasteiger partial charge in [-0.15, -0.1) is 0 Å². The molecule has 1 N–H and O–H groups in total. The van der Waals surface area contributed by atoms with E-state index in [9.17, 15) is 14.7 Å². The van der Waals surface area contributed by atoms with Crippen molar-refractivity contribution in [2.45, 2.75) is 52.4 Å². The smallest absolute Gasteiger partial charge is 0.550 e. The molecular formula is C13H22NNaO3. The van der Waals surface area contributed by atoms with Crippen LogP contribution in [0.2, 0.25) is 0 Å². The average molecular weight is 263 g/mol. The SMILES string of the molecule is CC1(C)CCCC1CCNC(=O)CCC(=O)[O-].[Na+]. The summed E-state index contributed by atoms with van der Waals surface area (Å²) in [4.78, 5) is 21.5. The van der Waals surface area contributed by atoms with Gasteiger partial charge in [-0.1, -0.05) is 20.3 Å². The van der Waals surface area contributed by atoms with Crippen LogP contribution < -0.4 is 40.0 Å². The second kappa shape index (κ2) is 8.18. The van der Waals surface area contributed by atoms with Gasteiger partial charge in [0, 0.05) is 18.9 Å². The van der Waals surface area contributed by atoms with E-state index in [1.807, 2.05) is 0 Å². The van der Waals surface area contributed by atoms with Gasteiger partial charge in [0.05, 0.1) is 0 Å². The number of rotatable bonds is 6. The second-order valence-corrected chi connectivity index (χ2v) is 5.59. The molecule has 0 bridgehead atoms. The minimum absolute atomic E-state index is 0. The van der Waals surface area contributed by atoms with Crippen LogP contribution in [-0.2, 0) is 9.59 Å². The fraction of sp³-hybridized carbons (Fsp3) is 0.846. The molecule has 0 aromatic heterocycles. The van der Waals surface area contributed by atoms with E-state index in [1.165, 1.54) is 19.3 Å². The molecule has 1 amide bonds. The first-order valence-electron chi connectivity index (χ1n) is 6.38. The van der Waals surface area contributed by atoms with Crippen molar-refractivity contribution in [3.05, 3.63) is 0 Å². The minimum Gasteiger partial charge on any atom is -0.550 e. The van der Waals surface area contributed by atoms with Gasteiger partial charge >= 0.3 is 29.6 Å². The first-order chi connectivity index (χ1) is 7.92. The van der Waals surface area contributed by atoms with Gasteiger partial charge in [-0.2, -0.15) is 0 Å². The number of carbonyl (C=O) groups excluding carboxylic acids is 2. The summed E-state index contributed by atoms with van der Waals surface area (Å²) in [5.74, 6) is -0.689. The Hall–Kier alpha value is -0.0600. The molecule has 5 heteroatoms. The summed E-state index contributed by atoms with van der Waals surface area (Å²) >= 11 is 0. The predicted molar refractivity (Wildman–Crippen MR) is 63.0 cm³/mol. The number of hydrogen-bond acceptors (Lipinski definition) is 3. The second-order valence-electron chi connectivity index (χ2n) is 5.59. The molecule has 1 atom stereocenters. The molecule has 0 radical (unpaired) electrons. The summed E-state index contributed by atoms with van der Waals surface area (Å²) in [6.07, 6.45) is 4.59. The third-order valence-corrected chi connectivity index (χ3v) is 3.85. The third kappa shape index (κ3) is 6.21. The molecule has 4 nitrogen and oxygen atoms in total. The molecular weight excluding hydrogens is 241 g/mol. The molecule has 1 fully saturated rings. The van der Waals surface area contributed by atoms with Gasteiger partial charge in [-0.25, -0.2) is 0 Å². The van der Waals surface area contributed by atoms with Gasteiger partial charge < -0.3 is 15.2 Å². The molecule has 1 aliphatic carbocycles. The van der Waals surface area contributed by atoms with E-state index >= 15 is 0 Å². The summed E-state index contributed by atoms with van der Waals surface area (Å²) in [6, 6.07) is 0. The van der Waals surface area contributed by atoms with Gasteiger partial charge in [0.25, 0.3) is 0 Å². The zero-order chi connectivity index (χ0) is 12.9. The third-order valence-electron chi connectivity index (χ3n) is 3.85. The number of carboxylic acid groups (broad SMARTS) is 1. The van der Waals surface area contributed by atoms with Crippen LogP contribution in [0.5, 0.6) is 0 Å². The first kappa shape index (κ1) is 17.9. The molecule has 1 aliphatic rings. The van der Waals surface area contributed by atoms with Crippen LogP contribution >= 0.6 is 0 Å². The maximum Gasteiger partial charge on any atom is 1.00 e. The van der Waals surface area contributed by atoms with Crippen molar-refractivity contribution in [1.82, 2.24) is 5.32 Å². The van der Waals surface area contributed by atoms with Crippen LogP contribution in [0.1, 0.15) is 52.4 Å². The van der Waals surface area contributed by atoms with E-state index in [4.69, 9.17) is 0 Å². The number of amides is 1. The van der Waals surface area contributed by atoms with Crippen molar-refractivity contribution in [2.24, 2.45) is 11.3 Å². The number of carboxylic acids is 1. The van der Waals surface area contributed by atoms with Crippen molar-refractivity contribution in [3.8, 4) is 0 Å². The van der Waals surface area contributed by atoms with Gasteiger partial charge in [0.2, 0.25) is 5.91 Å². The number of nitrogens with one attached hydrogen (secondary N) is 1. The van der Waals surface area contributed by atoms with Crippen LogP contribution in [0.4, 0.5) is 0 Å². The van der Waals surface area contributed by atoms with Crippen LogP contribution in [-0.4, -0.2) is 18.4 Å². The van der Waals surface area contributed by atoms with E-state index in [-0.39, 0.29) is 48.3 Å². The standard InChI is InChI=1S/C13H23NO3.Na/c1-13(2)8-3-4-10(13)7-9-14-11(15)5-6-12(16)17;/h10H,3-9H2,1-2H3,(H,14,15)(H,16,17);/q;+1/p-1. The maximum atomic E-state index is 11.3. The summed E-state index contributed by atoms with van der Waals surface area (Å²) in [5.41, 5.74) is 0.385. The Bertz CT molecular complexity index is 292. The molecule has 0 aromatic carbocycles. The average Bonchev–Trinajstić information content (AvgIpc) is 2.55. The molecule has 18 heavy (non-hydrogen) atoms. The van der Waals surface area contributed by atoms with Gasteiger partial charge in [-0.3, -0.25) is 4.79 Å². The van der Waals surface area contributed by atoms with E-state index in [1.54, 1.807) is 0 Å². The van der Waals surface area contributed by atoms with Gasteiger partial charge in [-0.05, 0) is 37.0 Å². The predicted octanol–water partition coefficient (Wildman–Crippen LogP) is -2.15. The Kier molecular flexibility index (Phi) is 8.15. The molecule has 1 saturated carbocycles. The maximum absolute atomic E-state index is 11.3. The monoisotopic (exact) mass is 263 g/mol. The molecule has 0 aromatic rings. The molecule has 0 saturated heterocycles. The molecule has 98 valence electrons. The number of hydrogen-bond donors (Lipinski definition) is 1. The normalized spacial score (nSPS) is 21.1. The minimum atomic E-state index is -1.17. The Morgan fingerprint density at radius 2 is 2.00 bits per heavy atom. The quantitative estimate of drug-likeness (QED) is 0.556.